The maximum atomic E-state index is 11.8. The Hall–Kier alpha value is -3.17. The predicted octanol–water partition coefficient (Wildman–Crippen LogP) is 1.19. The zero-order chi connectivity index (χ0) is 17.7. The van der Waals surface area contributed by atoms with Gasteiger partial charge in [0.15, 0.2) is 5.76 Å². The molecule has 2 aromatic rings. The molecule has 0 atom stereocenters. The molecular formula is C14H18N6O4. The summed E-state index contributed by atoms with van der Waals surface area (Å²) in [5, 5.41) is 16.2. The quantitative estimate of drug-likeness (QED) is 0.439. The highest BCUT2D eigenvalue weighted by molar-refractivity contribution is 5.91. The zero-order valence-corrected chi connectivity index (χ0v) is 13.6. The molecule has 0 spiro atoms. The first-order valence-corrected chi connectivity index (χ1v) is 7.16. The standard InChI is InChI=1S/C14H18N6O4/c1-9-17-11(8-12(18-9)19(2)3)15-6-7-16-14(21)10-4-5-13(24-10)20(22)23/h4-5,8H,6-7H2,1-3H3,(H,16,21)(H,15,17,18). The van der Waals surface area contributed by atoms with E-state index in [1.54, 1.807) is 13.0 Å². The van der Waals surface area contributed by atoms with Gasteiger partial charge in [0.1, 0.15) is 22.4 Å². The lowest BCUT2D eigenvalue weighted by Crippen LogP contribution is -2.28. The minimum atomic E-state index is -0.696. The lowest BCUT2D eigenvalue weighted by atomic mass is 10.4. The summed E-state index contributed by atoms with van der Waals surface area (Å²) < 4.78 is 4.82. The minimum Gasteiger partial charge on any atom is -0.395 e. The van der Waals surface area contributed by atoms with Gasteiger partial charge in [-0.1, -0.05) is 0 Å². The average Bonchev–Trinajstić information content (AvgIpc) is 3.01. The summed E-state index contributed by atoms with van der Waals surface area (Å²) in [6, 6.07) is 4.20. The number of amides is 1. The van der Waals surface area contributed by atoms with E-state index in [9.17, 15) is 14.9 Å². The highest BCUT2D eigenvalue weighted by Crippen LogP contribution is 2.15. The van der Waals surface area contributed by atoms with Crippen LogP contribution in [0.15, 0.2) is 22.6 Å². The molecule has 128 valence electrons. The van der Waals surface area contributed by atoms with Gasteiger partial charge in [-0.2, -0.15) is 0 Å². The Bertz CT molecular complexity index is 743. The zero-order valence-electron chi connectivity index (χ0n) is 13.6. The molecule has 2 N–H and O–H groups in total. The number of rotatable bonds is 7. The molecule has 10 nitrogen and oxygen atoms in total. The number of aryl methyl sites for hydroxylation is 1. The number of hydrogen-bond donors (Lipinski definition) is 2. The third-order valence-corrected chi connectivity index (χ3v) is 2.99. The van der Waals surface area contributed by atoms with Crippen molar-refractivity contribution >= 4 is 23.4 Å². The van der Waals surface area contributed by atoms with Crippen molar-refractivity contribution in [1.29, 1.82) is 0 Å². The largest absolute Gasteiger partial charge is 0.433 e. The van der Waals surface area contributed by atoms with Crippen LogP contribution in [0.25, 0.3) is 0 Å². The number of hydrogen-bond acceptors (Lipinski definition) is 8. The highest BCUT2D eigenvalue weighted by atomic mass is 16.6. The van der Waals surface area contributed by atoms with Crippen LogP contribution in [0.4, 0.5) is 17.5 Å². The van der Waals surface area contributed by atoms with Crippen LogP contribution >= 0.6 is 0 Å². The Balaban J connectivity index is 1.84. The molecule has 0 saturated heterocycles. The van der Waals surface area contributed by atoms with E-state index in [2.05, 4.69) is 20.6 Å². The van der Waals surface area contributed by atoms with E-state index in [-0.39, 0.29) is 5.76 Å². The van der Waals surface area contributed by atoms with Gasteiger partial charge in [0.2, 0.25) is 0 Å². The summed E-state index contributed by atoms with van der Waals surface area (Å²) in [7, 11) is 3.77. The monoisotopic (exact) mass is 334 g/mol. The second kappa shape index (κ2) is 7.40. The molecule has 0 unspecified atom stereocenters. The summed E-state index contributed by atoms with van der Waals surface area (Å²) in [5.41, 5.74) is 0. The molecule has 0 aliphatic carbocycles. The van der Waals surface area contributed by atoms with E-state index in [1.165, 1.54) is 6.07 Å². The Morgan fingerprint density at radius 1 is 1.33 bits per heavy atom. The summed E-state index contributed by atoms with van der Waals surface area (Å²) in [6.07, 6.45) is 0. The van der Waals surface area contributed by atoms with Crippen LogP contribution in [-0.2, 0) is 0 Å². The Labute approximate surface area is 138 Å². The van der Waals surface area contributed by atoms with E-state index < -0.39 is 16.7 Å². The molecule has 2 rings (SSSR count). The van der Waals surface area contributed by atoms with Crippen molar-refractivity contribution in [3.05, 3.63) is 39.9 Å². The lowest BCUT2D eigenvalue weighted by Gasteiger charge is -2.14. The summed E-state index contributed by atoms with van der Waals surface area (Å²) in [6.45, 7) is 2.52. The van der Waals surface area contributed by atoms with Crippen molar-refractivity contribution in [2.75, 3.05) is 37.4 Å². The van der Waals surface area contributed by atoms with Crippen LogP contribution < -0.4 is 15.5 Å². The second-order valence-corrected chi connectivity index (χ2v) is 5.13. The van der Waals surface area contributed by atoms with Gasteiger partial charge in [0.05, 0.1) is 6.07 Å². The lowest BCUT2D eigenvalue weighted by molar-refractivity contribution is -0.402. The van der Waals surface area contributed by atoms with Crippen molar-refractivity contribution in [3.63, 3.8) is 0 Å². The smallest absolute Gasteiger partial charge is 0.395 e. The molecule has 2 aromatic heterocycles. The fourth-order valence-electron chi connectivity index (χ4n) is 1.87. The van der Waals surface area contributed by atoms with E-state index >= 15 is 0 Å². The van der Waals surface area contributed by atoms with E-state index in [0.29, 0.717) is 24.7 Å². The van der Waals surface area contributed by atoms with Gasteiger partial charge in [0.25, 0.3) is 5.91 Å². The molecule has 0 aliphatic rings. The predicted molar refractivity (Wildman–Crippen MR) is 87.3 cm³/mol. The molecule has 24 heavy (non-hydrogen) atoms. The molecule has 0 aromatic carbocycles. The normalized spacial score (nSPS) is 10.3. The first kappa shape index (κ1) is 17.2. The Kier molecular flexibility index (Phi) is 5.30. The maximum absolute atomic E-state index is 11.8. The minimum absolute atomic E-state index is 0.102. The van der Waals surface area contributed by atoms with E-state index in [0.717, 1.165) is 11.9 Å². The first-order valence-electron chi connectivity index (χ1n) is 7.16. The number of aromatic nitrogens is 2. The van der Waals surface area contributed by atoms with Crippen LogP contribution in [-0.4, -0.2) is 48.0 Å². The van der Waals surface area contributed by atoms with Crippen molar-refractivity contribution in [2.24, 2.45) is 0 Å². The molecule has 10 heteroatoms. The number of nitrogens with one attached hydrogen (secondary N) is 2. The van der Waals surface area contributed by atoms with Gasteiger partial charge in [-0.05, 0) is 13.0 Å². The highest BCUT2D eigenvalue weighted by Gasteiger charge is 2.16. The SMILES string of the molecule is Cc1nc(NCCNC(=O)c2ccc([N+](=O)[O-])o2)cc(N(C)C)n1. The number of nitro groups is 1. The third kappa shape index (κ3) is 4.41. The molecular weight excluding hydrogens is 316 g/mol. The van der Waals surface area contributed by atoms with Crippen molar-refractivity contribution < 1.29 is 14.1 Å². The summed E-state index contributed by atoms with van der Waals surface area (Å²) >= 11 is 0. The van der Waals surface area contributed by atoms with E-state index in [4.69, 9.17) is 4.42 Å². The second-order valence-electron chi connectivity index (χ2n) is 5.13. The van der Waals surface area contributed by atoms with Crippen molar-refractivity contribution in [1.82, 2.24) is 15.3 Å². The van der Waals surface area contributed by atoms with Gasteiger partial charge in [0, 0.05) is 33.3 Å². The van der Waals surface area contributed by atoms with Gasteiger partial charge < -0.3 is 20.0 Å². The molecule has 0 aliphatic heterocycles. The van der Waals surface area contributed by atoms with Crippen LogP contribution in [0.1, 0.15) is 16.4 Å². The van der Waals surface area contributed by atoms with Crippen LogP contribution in [0, 0.1) is 17.0 Å². The number of nitrogens with zero attached hydrogens (tertiary/aromatic N) is 4. The summed E-state index contributed by atoms with van der Waals surface area (Å²) in [4.78, 5) is 32.0. The molecule has 1 amide bonds. The van der Waals surface area contributed by atoms with Crippen LogP contribution in [0.5, 0.6) is 0 Å². The van der Waals surface area contributed by atoms with Gasteiger partial charge in [-0.15, -0.1) is 0 Å². The molecule has 2 heterocycles. The number of carbonyl (C=O) groups excluding carboxylic acids is 1. The molecule has 0 fully saturated rings. The van der Waals surface area contributed by atoms with Gasteiger partial charge in [-0.3, -0.25) is 14.9 Å². The topological polar surface area (TPSA) is 126 Å². The Morgan fingerprint density at radius 2 is 2.08 bits per heavy atom. The maximum Gasteiger partial charge on any atom is 0.433 e. The van der Waals surface area contributed by atoms with Crippen molar-refractivity contribution in [3.8, 4) is 0 Å². The first-order chi connectivity index (χ1) is 11.4. The third-order valence-electron chi connectivity index (χ3n) is 2.99. The fourth-order valence-corrected chi connectivity index (χ4v) is 1.87. The fraction of sp³-hybridized carbons (Fsp3) is 0.357. The van der Waals surface area contributed by atoms with Gasteiger partial charge >= 0.3 is 5.88 Å². The number of carbonyl (C=O) groups is 1. The Morgan fingerprint density at radius 3 is 2.71 bits per heavy atom. The van der Waals surface area contributed by atoms with Gasteiger partial charge in [-0.25, -0.2) is 9.97 Å². The van der Waals surface area contributed by atoms with E-state index in [1.807, 2.05) is 19.0 Å². The molecule has 0 bridgehead atoms. The van der Waals surface area contributed by atoms with Crippen molar-refractivity contribution in [2.45, 2.75) is 6.92 Å². The number of furan rings is 1. The molecule has 0 radical (unpaired) electrons. The average molecular weight is 334 g/mol. The summed E-state index contributed by atoms with van der Waals surface area (Å²) in [5.74, 6) is 0.972. The van der Waals surface area contributed by atoms with Crippen LogP contribution in [0.3, 0.4) is 0 Å². The molecule has 0 saturated carbocycles. The number of anilines is 2. The van der Waals surface area contributed by atoms with Crippen LogP contribution in [0.2, 0.25) is 0 Å².